The number of hydrogen-bond donors (Lipinski definition) is 1. The number of alkyl halides is 1. The summed E-state index contributed by atoms with van der Waals surface area (Å²) in [5, 5.41) is 2.72. The summed E-state index contributed by atoms with van der Waals surface area (Å²) in [5.41, 5.74) is 2.31. The molecule has 0 saturated heterocycles. The van der Waals surface area contributed by atoms with Crippen LogP contribution in [0.4, 0.5) is 10.1 Å². The summed E-state index contributed by atoms with van der Waals surface area (Å²) in [6.45, 7) is 3.84. The van der Waals surface area contributed by atoms with Crippen molar-refractivity contribution in [3.05, 3.63) is 29.1 Å². The molecule has 0 atom stereocenters. The van der Waals surface area contributed by atoms with Gasteiger partial charge in [-0.3, -0.25) is 4.79 Å². The number of rotatable bonds is 4. The molecule has 4 heteroatoms. The third-order valence-electron chi connectivity index (χ3n) is 2.41. The number of benzene rings is 1. The molecule has 0 aliphatic heterocycles. The molecule has 0 saturated carbocycles. The first-order valence-corrected chi connectivity index (χ1v) is 5.82. The van der Waals surface area contributed by atoms with Crippen LogP contribution in [0.5, 0.6) is 0 Å². The van der Waals surface area contributed by atoms with E-state index >= 15 is 0 Å². The fourth-order valence-corrected chi connectivity index (χ4v) is 1.68. The highest BCUT2D eigenvalue weighted by atomic mass is 35.5. The molecule has 2 nitrogen and oxygen atoms in total. The number of anilines is 1. The Bertz CT molecular complexity index is 368. The van der Waals surface area contributed by atoms with E-state index in [1.54, 1.807) is 0 Å². The molecule has 1 aromatic rings. The van der Waals surface area contributed by atoms with Crippen LogP contribution in [0.15, 0.2) is 12.1 Å². The number of aryl methyl sites for hydroxylation is 2. The van der Waals surface area contributed by atoms with Crippen molar-refractivity contribution >= 4 is 23.2 Å². The maximum atomic E-state index is 13.3. The Morgan fingerprint density at radius 1 is 1.31 bits per heavy atom. The molecular formula is C12H15ClFNO. The highest BCUT2D eigenvalue weighted by Crippen LogP contribution is 2.24. The minimum Gasteiger partial charge on any atom is -0.325 e. The first kappa shape index (κ1) is 13.0. The topological polar surface area (TPSA) is 29.1 Å². The molecule has 0 radical (unpaired) electrons. The van der Waals surface area contributed by atoms with E-state index in [1.807, 2.05) is 13.8 Å². The lowest BCUT2D eigenvalue weighted by Gasteiger charge is -2.14. The van der Waals surface area contributed by atoms with Crippen molar-refractivity contribution in [2.75, 3.05) is 11.2 Å². The van der Waals surface area contributed by atoms with Crippen LogP contribution in [0, 0.1) is 5.82 Å². The second-order valence-corrected chi connectivity index (χ2v) is 3.76. The molecule has 0 heterocycles. The standard InChI is InChI=1S/C12H15ClFNO/c1-3-8-5-10(14)6-9(4-2)12(8)15-11(16)7-13/h5-6H,3-4,7H2,1-2H3,(H,15,16). The van der Waals surface area contributed by atoms with Gasteiger partial charge in [0.1, 0.15) is 11.7 Å². The molecule has 1 N–H and O–H groups in total. The van der Waals surface area contributed by atoms with Gasteiger partial charge in [0.05, 0.1) is 0 Å². The van der Waals surface area contributed by atoms with Crippen molar-refractivity contribution in [3.63, 3.8) is 0 Å². The van der Waals surface area contributed by atoms with Crippen molar-refractivity contribution < 1.29 is 9.18 Å². The minimum absolute atomic E-state index is 0.0936. The molecule has 1 rings (SSSR count). The van der Waals surface area contributed by atoms with Crippen LogP contribution in [-0.2, 0) is 17.6 Å². The average molecular weight is 244 g/mol. The van der Waals surface area contributed by atoms with E-state index in [9.17, 15) is 9.18 Å². The van der Waals surface area contributed by atoms with Crippen molar-refractivity contribution in [2.24, 2.45) is 0 Å². The zero-order chi connectivity index (χ0) is 12.1. The second-order valence-electron chi connectivity index (χ2n) is 3.49. The van der Waals surface area contributed by atoms with Gasteiger partial charge in [-0.2, -0.15) is 0 Å². The minimum atomic E-state index is -0.266. The smallest absolute Gasteiger partial charge is 0.239 e. The summed E-state index contributed by atoms with van der Waals surface area (Å²) in [4.78, 5) is 11.3. The van der Waals surface area contributed by atoms with Crippen LogP contribution in [-0.4, -0.2) is 11.8 Å². The molecule has 1 amide bonds. The Morgan fingerprint density at radius 2 is 1.81 bits per heavy atom. The third-order valence-corrected chi connectivity index (χ3v) is 2.66. The molecule has 0 spiro atoms. The van der Waals surface area contributed by atoms with Gasteiger partial charge in [-0.15, -0.1) is 11.6 Å². The Balaban J connectivity index is 3.16. The van der Waals surface area contributed by atoms with E-state index in [2.05, 4.69) is 5.32 Å². The van der Waals surface area contributed by atoms with Crippen molar-refractivity contribution in [2.45, 2.75) is 26.7 Å². The summed E-state index contributed by atoms with van der Waals surface area (Å²) in [5.74, 6) is -0.626. The zero-order valence-corrected chi connectivity index (χ0v) is 10.2. The molecule has 0 fully saturated rings. The number of nitrogens with one attached hydrogen (secondary N) is 1. The summed E-state index contributed by atoms with van der Waals surface area (Å²) >= 11 is 5.44. The highest BCUT2D eigenvalue weighted by Gasteiger charge is 2.11. The molecule has 0 aliphatic carbocycles. The van der Waals surface area contributed by atoms with E-state index < -0.39 is 0 Å². The Morgan fingerprint density at radius 3 is 2.19 bits per heavy atom. The van der Waals surface area contributed by atoms with E-state index in [4.69, 9.17) is 11.6 Å². The fraction of sp³-hybridized carbons (Fsp3) is 0.417. The van der Waals surface area contributed by atoms with Gasteiger partial charge in [-0.1, -0.05) is 13.8 Å². The lowest BCUT2D eigenvalue weighted by molar-refractivity contribution is -0.113. The highest BCUT2D eigenvalue weighted by molar-refractivity contribution is 6.29. The normalized spacial score (nSPS) is 10.2. The molecule has 88 valence electrons. The van der Waals surface area contributed by atoms with Gasteiger partial charge in [0, 0.05) is 5.69 Å². The molecule has 0 bridgehead atoms. The zero-order valence-electron chi connectivity index (χ0n) is 9.44. The van der Waals surface area contributed by atoms with E-state index in [1.165, 1.54) is 12.1 Å². The average Bonchev–Trinajstić information content (AvgIpc) is 2.30. The monoisotopic (exact) mass is 243 g/mol. The van der Waals surface area contributed by atoms with Crippen LogP contribution in [0.25, 0.3) is 0 Å². The predicted molar refractivity (Wildman–Crippen MR) is 64.5 cm³/mol. The number of halogens is 2. The van der Waals surface area contributed by atoms with Crippen LogP contribution in [0.2, 0.25) is 0 Å². The van der Waals surface area contributed by atoms with Crippen molar-refractivity contribution in [3.8, 4) is 0 Å². The number of hydrogen-bond acceptors (Lipinski definition) is 1. The van der Waals surface area contributed by atoms with Crippen molar-refractivity contribution in [1.82, 2.24) is 0 Å². The summed E-state index contributed by atoms with van der Waals surface area (Å²) < 4.78 is 13.3. The van der Waals surface area contributed by atoms with Crippen molar-refractivity contribution in [1.29, 1.82) is 0 Å². The lowest BCUT2D eigenvalue weighted by Crippen LogP contribution is -2.15. The quantitative estimate of drug-likeness (QED) is 0.809. The number of carbonyl (C=O) groups excluding carboxylic acids is 1. The van der Waals surface area contributed by atoms with Crippen LogP contribution in [0.3, 0.4) is 0 Å². The molecular weight excluding hydrogens is 229 g/mol. The van der Waals surface area contributed by atoms with Gasteiger partial charge in [-0.25, -0.2) is 4.39 Å². The maximum Gasteiger partial charge on any atom is 0.239 e. The van der Waals surface area contributed by atoms with E-state index in [0.29, 0.717) is 18.5 Å². The molecule has 0 aromatic heterocycles. The van der Waals surface area contributed by atoms with Crippen LogP contribution < -0.4 is 5.32 Å². The van der Waals surface area contributed by atoms with E-state index in [0.717, 1.165) is 11.1 Å². The Kier molecular flexibility index (Phi) is 4.74. The largest absolute Gasteiger partial charge is 0.325 e. The molecule has 0 unspecified atom stereocenters. The van der Waals surface area contributed by atoms with Crippen LogP contribution >= 0.6 is 11.6 Å². The van der Waals surface area contributed by atoms with Gasteiger partial charge in [-0.05, 0) is 36.1 Å². The Labute approximate surface area is 99.8 Å². The SMILES string of the molecule is CCc1cc(F)cc(CC)c1NC(=O)CCl. The summed E-state index contributed by atoms with van der Waals surface area (Å²) in [6.07, 6.45) is 1.34. The molecule has 16 heavy (non-hydrogen) atoms. The maximum absolute atomic E-state index is 13.3. The summed E-state index contributed by atoms with van der Waals surface area (Å²) in [6, 6.07) is 2.89. The predicted octanol–water partition coefficient (Wildman–Crippen LogP) is 3.13. The third kappa shape index (κ3) is 2.95. The molecule has 1 aromatic carbocycles. The van der Waals surface area contributed by atoms with Gasteiger partial charge in [0.2, 0.25) is 5.91 Å². The lowest BCUT2D eigenvalue weighted by atomic mass is 10.0. The van der Waals surface area contributed by atoms with Gasteiger partial charge < -0.3 is 5.32 Å². The number of amides is 1. The summed E-state index contributed by atoms with van der Waals surface area (Å²) in [7, 11) is 0. The Hall–Kier alpha value is -1.09. The van der Waals surface area contributed by atoms with E-state index in [-0.39, 0.29) is 17.6 Å². The first-order chi connectivity index (χ1) is 7.62. The van der Waals surface area contributed by atoms with Gasteiger partial charge in [0.25, 0.3) is 0 Å². The fourth-order valence-electron chi connectivity index (χ4n) is 1.62. The number of carbonyl (C=O) groups is 1. The molecule has 0 aliphatic rings. The van der Waals surface area contributed by atoms with Gasteiger partial charge >= 0.3 is 0 Å². The van der Waals surface area contributed by atoms with Crippen LogP contribution in [0.1, 0.15) is 25.0 Å². The first-order valence-electron chi connectivity index (χ1n) is 5.29. The van der Waals surface area contributed by atoms with Gasteiger partial charge in [0.15, 0.2) is 0 Å². The second kappa shape index (κ2) is 5.85.